The van der Waals surface area contributed by atoms with Gasteiger partial charge >= 0.3 is 0 Å². The Hall–Kier alpha value is -2.74. The average molecular weight is 339 g/mol. The number of pyridine rings is 2. The summed E-state index contributed by atoms with van der Waals surface area (Å²) in [6.07, 6.45) is 4.64. The lowest BCUT2D eigenvalue weighted by molar-refractivity contribution is 0.955. The number of nitrogens with two attached hydrogens (primary N) is 1. The molecule has 4 rings (SSSR count). The van der Waals surface area contributed by atoms with Gasteiger partial charge in [-0.25, -0.2) is 4.98 Å². The fraction of sp³-hybridized carbons (Fsp3) is 0.250. The summed E-state index contributed by atoms with van der Waals surface area (Å²) in [6, 6.07) is 3.95. The van der Waals surface area contributed by atoms with Crippen LogP contribution in [-0.2, 0) is 6.42 Å². The van der Waals surface area contributed by atoms with Crippen molar-refractivity contribution >= 4 is 33.9 Å². The molecular formula is C16H17N7S. The van der Waals surface area contributed by atoms with Gasteiger partial charge in [-0.2, -0.15) is 9.36 Å². The van der Waals surface area contributed by atoms with Crippen molar-refractivity contribution in [3.63, 3.8) is 0 Å². The molecule has 24 heavy (non-hydrogen) atoms. The third-order valence-corrected chi connectivity index (χ3v) is 4.81. The first-order chi connectivity index (χ1) is 11.6. The molecule has 0 aliphatic carbocycles. The molecule has 3 aromatic rings. The Bertz CT molecular complexity index is 905. The monoisotopic (exact) mass is 339 g/mol. The minimum atomic E-state index is 0.598. The van der Waals surface area contributed by atoms with Crippen LogP contribution in [0.1, 0.15) is 11.1 Å². The van der Waals surface area contributed by atoms with E-state index in [0.717, 1.165) is 24.2 Å². The molecule has 0 saturated heterocycles. The number of hydrogen-bond donors (Lipinski definition) is 2. The minimum absolute atomic E-state index is 0.598. The fourth-order valence-electron chi connectivity index (χ4n) is 2.71. The molecule has 0 bridgehead atoms. The highest BCUT2D eigenvalue weighted by Crippen LogP contribution is 2.30. The number of aromatic nitrogens is 4. The molecule has 3 N–H and O–H groups in total. The minimum Gasteiger partial charge on any atom is -0.396 e. The van der Waals surface area contributed by atoms with Gasteiger partial charge in [-0.3, -0.25) is 4.98 Å². The molecule has 0 aromatic carbocycles. The molecule has 1 aliphatic heterocycles. The highest BCUT2D eigenvalue weighted by atomic mass is 32.1. The van der Waals surface area contributed by atoms with E-state index in [-0.39, 0.29) is 0 Å². The number of nitrogen functional groups attached to an aromatic ring is 1. The number of hydrogen-bond acceptors (Lipinski definition) is 8. The molecular weight excluding hydrogens is 322 g/mol. The average Bonchev–Trinajstić information content (AvgIpc) is 3.19. The van der Waals surface area contributed by atoms with Gasteiger partial charge in [-0.05, 0) is 36.6 Å². The predicted octanol–water partition coefficient (Wildman–Crippen LogP) is 2.62. The lowest BCUT2D eigenvalue weighted by Gasteiger charge is -2.10. The third-order valence-electron chi connectivity index (χ3n) is 4.18. The van der Waals surface area contributed by atoms with Crippen LogP contribution in [0, 0.1) is 6.92 Å². The number of nitrogens with zero attached hydrogens (tertiary/aromatic N) is 5. The largest absolute Gasteiger partial charge is 0.396 e. The van der Waals surface area contributed by atoms with Crippen LogP contribution in [0.25, 0.3) is 11.5 Å². The molecule has 0 fully saturated rings. The summed E-state index contributed by atoms with van der Waals surface area (Å²) >= 11 is 1.27. The third kappa shape index (κ3) is 2.54. The zero-order valence-corrected chi connectivity index (χ0v) is 14.3. The quantitative estimate of drug-likeness (QED) is 0.757. The molecule has 0 unspecified atom stereocenters. The van der Waals surface area contributed by atoms with Crippen LogP contribution >= 0.6 is 11.5 Å². The SMILES string of the molecule is Cc1ccnc(Nc2nc(-c3cc4c(cn3)N(C)CC4)ns2)c1N. The molecule has 7 nitrogen and oxygen atoms in total. The van der Waals surface area contributed by atoms with Crippen molar-refractivity contribution in [3.8, 4) is 11.5 Å². The van der Waals surface area contributed by atoms with E-state index in [1.807, 2.05) is 19.2 Å². The molecule has 0 amide bonds. The van der Waals surface area contributed by atoms with Crippen LogP contribution in [0.4, 0.5) is 22.3 Å². The number of likely N-dealkylation sites (N-methyl/N-ethyl adjacent to an activating group) is 1. The number of nitrogens with one attached hydrogen (secondary N) is 1. The van der Waals surface area contributed by atoms with E-state index in [9.17, 15) is 0 Å². The second kappa shape index (κ2) is 5.72. The second-order valence-electron chi connectivity index (χ2n) is 5.81. The summed E-state index contributed by atoms with van der Waals surface area (Å²) < 4.78 is 4.40. The molecule has 1 aliphatic rings. The van der Waals surface area contributed by atoms with Crippen molar-refractivity contribution in [1.29, 1.82) is 0 Å². The summed E-state index contributed by atoms with van der Waals surface area (Å²) in [7, 11) is 2.08. The van der Waals surface area contributed by atoms with Gasteiger partial charge < -0.3 is 16.0 Å². The van der Waals surface area contributed by atoms with Gasteiger partial charge in [0, 0.05) is 31.3 Å². The lowest BCUT2D eigenvalue weighted by Crippen LogP contribution is -2.12. The Morgan fingerprint density at radius 3 is 3.08 bits per heavy atom. The van der Waals surface area contributed by atoms with Gasteiger partial charge in [-0.15, -0.1) is 0 Å². The van der Waals surface area contributed by atoms with Crippen LogP contribution in [0.2, 0.25) is 0 Å². The maximum atomic E-state index is 6.04. The highest BCUT2D eigenvalue weighted by molar-refractivity contribution is 7.09. The summed E-state index contributed by atoms with van der Waals surface area (Å²) in [6.45, 7) is 2.97. The molecule has 0 radical (unpaired) electrons. The summed E-state index contributed by atoms with van der Waals surface area (Å²) in [5.41, 5.74) is 10.9. The van der Waals surface area contributed by atoms with E-state index in [0.29, 0.717) is 22.5 Å². The fourth-order valence-corrected chi connectivity index (χ4v) is 3.29. The van der Waals surface area contributed by atoms with Gasteiger partial charge in [0.15, 0.2) is 11.6 Å². The number of aryl methyl sites for hydroxylation is 1. The first-order valence-corrected chi connectivity index (χ1v) is 8.41. The van der Waals surface area contributed by atoms with E-state index < -0.39 is 0 Å². The Balaban J connectivity index is 1.60. The predicted molar refractivity (Wildman–Crippen MR) is 96.8 cm³/mol. The Kier molecular flexibility index (Phi) is 3.53. The molecule has 4 heterocycles. The summed E-state index contributed by atoms with van der Waals surface area (Å²) in [5.74, 6) is 1.22. The number of rotatable bonds is 3. The molecule has 0 saturated carbocycles. The maximum Gasteiger partial charge on any atom is 0.208 e. The maximum absolute atomic E-state index is 6.04. The summed E-state index contributed by atoms with van der Waals surface area (Å²) in [5, 5.41) is 3.78. The standard InChI is InChI=1S/C16H17N7S/c1-9-3-5-18-15(13(9)17)21-16-20-14(22-24-16)11-7-10-4-6-23(2)12(10)8-19-11/h3,5,7-8H,4,6,17H2,1-2H3,(H,18,20,21,22). The molecule has 8 heteroatoms. The van der Waals surface area contributed by atoms with E-state index in [4.69, 9.17) is 5.73 Å². The Morgan fingerprint density at radius 1 is 1.33 bits per heavy atom. The summed E-state index contributed by atoms with van der Waals surface area (Å²) in [4.78, 5) is 15.5. The first-order valence-electron chi connectivity index (χ1n) is 7.64. The van der Waals surface area contributed by atoms with Crippen molar-refractivity contribution in [2.75, 3.05) is 29.5 Å². The van der Waals surface area contributed by atoms with E-state index in [1.165, 1.54) is 22.8 Å². The van der Waals surface area contributed by atoms with Crippen molar-refractivity contribution in [2.45, 2.75) is 13.3 Å². The van der Waals surface area contributed by atoms with Gasteiger partial charge in [0.2, 0.25) is 5.13 Å². The zero-order chi connectivity index (χ0) is 16.7. The number of fused-ring (bicyclic) bond motifs is 1. The Labute approximate surface area is 143 Å². The van der Waals surface area contributed by atoms with Crippen LogP contribution in [0.15, 0.2) is 24.5 Å². The van der Waals surface area contributed by atoms with E-state index in [2.05, 4.69) is 42.7 Å². The molecule has 122 valence electrons. The molecule has 0 atom stereocenters. The van der Waals surface area contributed by atoms with E-state index in [1.54, 1.807) is 6.20 Å². The van der Waals surface area contributed by atoms with Gasteiger partial charge in [-0.1, -0.05) is 0 Å². The van der Waals surface area contributed by atoms with Crippen molar-refractivity contribution in [1.82, 2.24) is 19.3 Å². The van der Waals surface area contributed by atoms with E-state index >= 15 is 0 Å². The van der Waals surface area contributed by atoms with Crippen molar-refractivity contribution in [2.24, 2.45) is 0 Å². The van der Waals surface area contributed by atoms with Crippen LogP contribution in [0.3, 0.4) is 0 Å². The molecule has 0 spiro atoms. The smallest absolute Gasteiger partial charge is 0.208 e. The Morgan fingerprint density at radius 2 is 2.21 bits per heavy atom. The second-order valence-corrected chi connectivity index (χ2v) is 6.56. The van der Waals surface area contributed by atoms with Gasteiger partial charge in [0.25, 0.3) is 0 Å². The topological polar surface area (TPSA) is 92.9 Å². The molecule has 3 aromatic heterocycles. The van der Waals surface area contributed by atoms with Gasteiger partial charge in [0.05, 0.1) is 17.6 Å². The lowest BCUT2D eigenvalue weighted by atomic mass is 10.2. The number of anilines is 4. The normalized spacial score (nSPS) is 13.2. The zero-order valence-electron chi connectivity index (χ0n) is 13.4. The van der Waals surface area contributed by atoms with Crippen LogP contribution < -0.4 is 16.0 Å². The highest BCUT2D eigenvalue weighted by Gasteiger charge is 2.18. The van der Waals surface area contributed by atoms with Crippen molar-refractivity contribution < 1.29 is 0 Å². The first kappa shape index (κ1) is 14.8. The van der Waals surface area contributed by atoms with Gasteiger partial charge in [0.1, 0.15) is 5.69 Å². The van der Waals surface area contributed by atoms with Crippen molar-refractivity contribution in [3.05, 3.63) is 35.7 Å². The van der Waals surface area contributed by atoms with Crippen LogP contribution in [0.5, 0.6) is 0 Å². The van der Waals surface area contributed by atoms with Crippen LogP contribution in [-0.4, -0.2) is 32.9 Å².